The van der Waals surface area contributed by atoms with Crippen LogP contribution in [-0.2, 0) is 11.2 Å². The Hall–Kier alpha value is -1.02. The number of carbonyl (C=O) groups is 1. The molecular formula is C19H23ClO2. The number of aryl methyl sites for hydroxylation is 1. The lowest BCUT2D eigenvalue weighted by Crippen LogP contribution is -2.44. The van der Waals surface area contributed by atoms with Gasteiger partial charge in [-0.2, -0.15) is 0 Å². The maximum Gasteiger partial charge on any atom is 0.139 e. The molecule has 3 heteroatoms. The Kier molecular flexibility index (Phi) is 3.30. The minimum Gasteiger partial charge on any atom is -0.506 e. The SMILES string of the molecule is CC[C@]12CC[C@@H]3c4cc(Cl)c(O)cc4CC[C@H]3[C@@H]1CCC2=O. The maximum atomic E-state index is 12.5. The largest absolute Gasteiger partial charge is 0.506 e. The van der Waals surface area contributed by atoms with Crippen LogP contribution in [-0.4, -0.2) is 10.9 Å². The number of halogens is 1. The Labute approximate surface area is 136 Å². The van der Waals surface area contributed by atoms with Crippen molar-refractivity contribution >= 4 is 17.4 Å². The van der Waals surface area contributed by atoms with E-state index in [1.165, 1.54) is 11.1 Å². The molecule has 0 aromatic heterocycles. The highest BCUT2D eigenvalue weighted by Gasteiger charge is 2.56. The van der Waals surface area contributed by atoms with E-state index in [9.17, 15) is 9.90 Å². The summed E-state index contributed by atoms with van der Waals surface area (Å²) in [5.74, 6) is 2.43. The molecule has 3 aliphatic rings. The van der Waals surface area contributed by atoms with Crippen LogP contribution in [0.3, 0.4) is 0 Å². The summed E-state index contributed by atoms with van der Waals surface area (Å²) < 4.78 is 0. The van der Waals surface area contributed by atoms with Crippen molar-refractivity contribution in [3.8, 4) is 5.75 Å². The summed E-state index contributed by atoms with van der Waals surface area (Å²) in [5.41, 5.74) is 2.57. The lowest BCUT2D eigenvalue weighted by atomic mass is 9.54. The number of ketones is 1. The smallest absolute Gasteiger partial charge is 0.139 e. The van der Waals surface area contributed by atoms with Crippen molar-refractivity contribution in [3.05, 3.63) is 28.3 Å². The third-order valence-electron chi connectivity index (χ3n) is 6.87. The molecule has 1 aromatic carbocycles. The molecule has 4 atom stereocenters. The van der Waals surface area contributed by atoms with Crippen molar-refractivity contribution in [2.45, 2.75) is 57.8 Å². The Morgan fingerprint density at radius 3 is 2.86 bits per heavy atom. The monoisotopic (exact) mass is 318 g/mol. The van der Waals surface area contributed by atoms with Crippen LogP contribution in [0.25, 0.3) is 0 Å². The van der Waals surface area contributed by atoms with Crippen LogP contribution in [0.15, 0.2) is 12.1 Å². The predicted octanol–water partition coefficient (Wildman–Crippen LogP) is 4.86. The second-order valence-electron chi connectivity index (χ2n) is 7.43. The third-order valence-corrected chi connectivity index (χ3v) is 7.17. The van der Waals surface area contributed by atoms with Gasteiger partial charge in [-0.3, -0.25) is 4.79 Å². The molecule has 0 bridgehead atoms. The van der Waals surface area contributed by atoms with Gasteiger partial charge in [0.2, 0.25) is 0 Å². The zero-order valence-corrected chi connectivity index (χ0v) is 13.8. The minimum atomic E-state index is -0.0284. The summed E-state index contributed by atoms with van der Waals surface area (Å²) >= 11 is 6.16. The fraction of sp³-hybridized carbons (Fsp3) is 0.632. The van der Waals surface area contributed by atoms with Crippen LogP contribution in [0.1, 0.15) is 62.5 Å². The Morgan fingerprint density at radius 2 is 2.09 bits per heavy atom. The van der Waals surface area contributed by atoms with E-state index in [2.05, 4.69) is 6.92 Å². The molecule has 1 aromatic rings. The van der Waals surface area contributed by atoms with E-state index in [1.807, 2.05) is 12.1 Å². The second-order valence-corrected chi connectivity index (χ2v) is 7.84. The number of Topliss-reactive ketones (excluding diaryl/α,β-unsaturated/α-hetero) is 1. The fourth-order valence-electron chi connectivity index (χ4n) is 5.80. The average Bonchev–Trinajstić information content (AvgIpc) is 2.86. The molecule has 0 amide bonds. The molecule has 0 unspecified atom stereocenters. The topological polar surface area (TPSA) is 37.3 Å². The first-order chi connectivity index (χ1) is 10.6. The molecule has 3 aliphatic carbocycles. The van der Waals surface area contributed by atoms with Gasteiger partial charge in [-0.1, -0.05) is 18.5 Å². The van der Waals surface area contributed by atoms with Gasteiger partial charge in [0.25, 0.3) is 0 Å². The summed E-state index contributed by atoms with van der Waals surface area (Å²) in [5, 5.41) is 10.3. The summed E-state index contributed by atoms with van der Waals surface area (Å²) in [6.45, 7) is 2.20. The Bertz CT molecular complexity index is 639. The van der Waals surface area contributed by atoms with Crippen molar-refractivity contribution in [2.24, 2.45) is 17.3 Å². The third kappa shape index (κ3) is 1.83. The first-order valence-electron chi connectivity index (χ1n) is 8.61. The fourth-order valence-corrected chi connectivity index (χ4v) is 5.98. The van der Waals surface area contributed by atoms with Gasteiger partial charge in [-0.25, -0.2) is 0 Å². The molecule has 22 heavy (non-hydrogen) atoms. The summed E-state index contributed by atoms with van der Waals surface area (Å²) in [6, 6.07) is 3.84. The van der Waals surface area contributed by atoms with Gasteiger partial charge < -0.3 is 5.11 Å². The van der Waals surface area contributed by atoms with Gasteiger partial charge >= 0.3 is 0 Å². The van der Waals surface area contributed by atoms with E-state index in [4.69, 9.17) is 11.6 Å². The van der Waals surface area contributed by atoms with Gasteiger partial charge in [-0.05, 0) is 79.5 Å². The number of phenolic OH excluding ortho intramolecular Hbond substituents is 1. The molecular weight excluding hydrogens is 296 g/mol. The van der Waals surface area contributed by atoms with Gasteiger partial charge in [0.05, 0.1) is 5.02 Å². The highest BCUT2D eigenvalue weighted by Crippen LogP contribution is 2.61. The molecule has 0 radical (unpaired) electrons. The number of rotatable bonds is 1. The molecule has 0 saturated heterocycles. The molecule has 2 saturated carbocycles. The van der Waals surface area contributed by atoms with Crippen molar-refractivity contribution in [1.82, 2.24) is 0 Å². The van der Waals surface area contributed by atoms with E-state index in [0.717, 1.165) is 44.9 Å². The molecule has 118 valence electrons. The zero-order valence-electron chi connectivity index (χ0n) is 13.1. The van der Waals surface area contributed by atoms with Crippen molar-refractivity contribution in [3.63, 3.8) is 0 Å². The highest BCUT2D eigenvalue weighted by molar-refractivity contribution is 6.32. The van der Waals surface area contributed by atoms with Crippen LogP contribution in [0.4, 0.5) is 0 Å². The van der Waals surface area contributed by atoms with Gasteiger partial charge in [0, 0.05) is 11.8 Å². The summed E-state index contributed by atoms with van der Waals surface area (Å²) in [4.78, 5) is 12.5. The van der Waals surface area contributed by atoms with Gasteiger partial charge in [0.15, 0.2) is 0 Å². The normalized spacial score (nSPS) is 36.6. The van der Waals surface area contributed by atoms with E-state index in [-0.39, 0.29) is 11.2 Å². The van der Waals surface area contributed by atoms with E-state index in [0.29, 0.717) is 28.6 Å². The Balaban J connectivity index is 1.74. The molecule has 0 heterocycles. The van der Waals surface area contributed by atoms with Gasteiger partial charge in [-0.15, -0.1) is 0 Å². The number of hydrogen-bond acceptors (Lipinski definition) is 2. The first-order valence-corrected chi connectivity index (χ1v) is 8.99. The molecule has 2 fully saturated rings. The molecule has 0 aliphatic heterocycles. The maximum absolute atomic E-state index is 12.5. The van der Waals surface area contributed by atoms with Crippen LogP contribution < -0.4 is 0 Å². The quantitative estimate of drug-likeness (QED) is 0.802. The Morgan fingerprint density at radius 1 is 1.27 bits per heavy atom. The van der Waals surface area contributed by atoms with Gasteiger partial charge in [0.1, 0.15) is 11.5 Å². The number of benzene rings is 1. The van der Waals surface area contributed by atoms with E-state index in [1.54, 1.807) is 0 Å². The average molecular weight is 319 g/mol. The van der Waals surface area contributed by atoms with Crippen molar-refractivity contribution in [1.29, 1.82) is 0 Å². The highest BCUT2D eigenvalue weighted by atomic mass is 35.5. The molecule has 0 spiro atoms. The molecule has 2 nitrogen and oxygen atoms in total. The molecule has 4 rings (SSSR count). The standard InChI is InChI=1S/C19H23ClO2/c1-2-19-8-7-12-13(15(19)5-6-18(19)22)4-3-11-9-17(21)16(20)10-14(11)12/h9-10,12-13,15,21H,2-8H2,1H3/t12-,13+,15-,19-/m0/s1. The van der Waals surface area contributed by atoms with Crippen LogP contribution in [0, 0.1) is 17.3 Å². The summed E-state index contributed by atoms with van der Waals surface area (Å²) in [7, 11) is 0. The van der Waals surface area contributed by atoms with Crippen LogP contribution in [0.2, 0.25) is 5.02 Å². The van der Waals surface area contributed by atoms with Crippen LogP contribution >= 0.6 is 11.6 Å². The molecule has 1 N–H and O–H groups in total. The van der Waals surface area contributed by atoms with Crippen molar-refractivity contribution < 1.29 is 9.90 Å². The van der Waals surface area contributed by atoms with Crippen molar-refractivity contribution in [2.75, 3.05) is 0 Å². The van der Waals surface area contributed by atoms with E-state index < -0.39 is 0 Å². The lowest BCUT2D eigenvalue weighted by molar-refractivity contribution is -0.131. The zero-order chi connectivity index (χ0) is 15.5. The minimum absolute atomic E-state index is 0.0284. The van der Waals surface area contributed by atoms with E-state index >= 15 is 0 Å². The number of carbonyl (C=O) groups excluding carboxylic acids is 1. The number of aromatic hydroxyl groups is 1. The predicted molar refractivity (Wildman–Crippen MR) is 87.4 cm³/mol. The number of hydrogen-bond donors (Lipinski definition) is 1. The second kappa shape index (κ2) is 4.99. The summed E-state index contributed by atoms with van der Waals surface area (Å²) in [6.07, 6.45) is 7.15. The lowest BCUT2D eigenvalue weighted by Gasteiger charge is -2.49. The first kappa shape index (κ1) is 14.6. The number of phenols is 1. The van der Waals surface area contributed by atoms with Crippen LogP contribution in [0.5, 0.6) is 5.75 Å². The number of fused-ring (bicyclic) bond motifs is 5.